The molecule has 6 rings (SSSR count). The molecule has 8 nitrogen and oxygen atoms in total. The molecule has 0 saturated heterocycles. The van der Waals surface area contributed by atoms with Gasteiger partial charge < -0.3 is 10.3 Å². The second-order valence-corrected chi connectivity index (χ2v) is 7.62. The van der Waals surface area contributed by atoms with Gasteiger partial charge in [-0.05, 0) is 36.4 Å². The maximum absolute atomic E-state index is 12.5. The molecule has 33 heavy (non-hydrogen) atoms. The van der Waals surface area contributed by atoms with E-state index in [1.54, 1.807) is 36.9 Å². The van der Waals surface area contributed by atoms with Gasteiger partial charge in [-0.25, -0.2) is 0 Å². The Morgan fingerprint density at radius 2 is 1.79 bits per heavy atom. The van der Waals surface area contributed by atoms with E-state index >= 15 is 0 Å². The highest BCUT2D eigenvalue weighted by Crippen LogP contribution is 2.30. The van der Waals surface area contributed by atoms with Crippen molar-refractivity contribution in [3.05, 3.63) is 91.1 Å². The van der Waals surface area contributed by atoms with Crippen LogP contribution in [-0.4, -0.2) is 36.0 Å². The average molecular weight is 431 g/mol. The van der Waals surface area contributed by atoms with Gasteiger partial charge in [-0.2, -0.15) is 5.10 Å². The number of nitrogens with zero attached hydrogens (tertiary/aromatic N) is 4. The zero-order chi connectivity index (χ0) is 22.2. The monoisotopic (exact) mass is 431 g/mol. The van der Waals surface area contributed by atoms with Crippen LogP contribution in [0.25, 0.3) is 44.5 Å². The van der Waals surface area contributed by atoms with E-state index in [1.807, 2.05) is 48.7 Å². The number of hydrogen-bond donors (Lipinski definition) is 3. The number of anilines is 1. The number of fused-ring (bicyclic) bond motifs is 2. The van der Waals surface area contributed by atoms with Gasteiger partial charge in [-0.15, -0.1) is 0 Å². The normalized spacial score (nSPS) is 11.2. The quantitative estimate of drug-likeness (QED) is 0.371. The van der Waals surface area contributed by atoms with Crippen molar-refractivity contribution >= 4 is 33.4 Å². The van der Waals surface area contributed by atoms with Crippen molar-refractivity contribution in [3.8, 4) is 22.6 Å². The lowest BCUT2D eigenvalue weighted by Gasteiger charge is -2.07. The van der Waals surface area contributed by atoms with Crippen molar-refractivity contribution in [2.45, 2.75) is 0 Å². The van der Waals surface area contributed by atoms with Crippen molar-refractivity contribution < 1.29 is 4.79 Å². The van der Waals surface area contributed by atoms with Crippen molar-refractivity contribution in [3.63, 3.8) is 0 Å². The van der Waals surface area contributed by atoms with Crippen LogP contribution < -0.4 is 5.32 Å². The number of pyridine rings is 3. The lowest BCUT2D eigenvalue weighted by atomic mass is 10.1. The van der Waals surface area contributed by atoms with Crippen molar-refractivity contribution in [1.82, 2.24) is 30.1 Å². The minimum Gasteiger partial charge on any atom is -0.353 e. The number of carbonyl (C=O) groups excluding carboxylic acids is 1. The molecule has 0 unspecified atom stereocenters. The molecule has 0 bridgehead atoms. The number of amides is 1. The van der Waals surface area contributed by atoms with E-state index in [2.05, 4.69) is 35.5 Å². The van der Waals surface area contributed by atoms with E-state index in [-0.39, 0.29) is 5.91 Å². The molecule has 0 spiro atoms. The summed E-state index contributed by atoms with van der Waals surface area (Å²) in [5.74, 6) is -0.191. The number of aromatic nitrogens is 6. The minimum absolute atomic E-state index is 0.191. The molecule has 8 heteroatoms. The Hall–Kier alpha value is -4.85. The third kappa shape index (κ3) is 3.49. The van der Waals surface area contributed by atoms with Gasteiger partial charge in [-0.3, -0.25) is 24.8 Å². The molecule has 5 aromatic heterocycles. The van der Waals surface area contributed by atoms with Gasteiger partial charge in [0.05, 0.1) is 35.0 Å². The first-order chi connectivity index (χ1) is 16.2. The Morgan fingerprint density at radius 3 is 2.67 bits per heavy atom. The first kappa shape index (κ1) is 18.9. The Balaban J connectivity index is 1.36. The summed E-state index contributed by atoms with van der Waals surface area (Å²) < 4.78 is 0. The van der Waals surface area contributed by atoms with E-state index in [0.29, 0.717) is 11.3 Å². The molecule has 0 fully saturated rings. The maximum atomic E-state index is 12.5. The molecule has 6 aromatic rings. The van der Waals surface area contributed by atoms with Gasteiger partial charge in [0.1, 0.15) is 5.69 Å². The second kappa shape index (κ2) is 7.69. The van der Waals surface area contributed by atoms with Crippen molar-refractivity contribution in [2.24, 2.45) is 0 Å². The minimum atomic E-state index is -0.191. The van der Waals surface area contributed by atoms with Gasteiger partial charge in [0.15, 0.2) is 0 Å². The highest BCUT2D eigenvalue weighted by atomic mass is 16.1. The molecule has 1 aromatic carbocycles. The fraction of sp³-hybridized carbons (Fsp3) is 0. The lowest BCUT2D eigenvalue weighted by Crippen LogP contribution is -2.11. The summed E-state index contributed by atoms with van der Waals surface area (Å²) in [5.41, 5.74) is 6.21. The third-order valence-electron chi connectivity index (χ3n) is 5.45. The van der Waals surface area contributed by atoms with Crippen molar-refractivity contribution in [1.29, 1.82) is 0 Å². The van der Waals surface area contributed by atoms with Crippen LogP contribution in [0.2, 0.25) is 0 Å². The molecular formula is C25H17N7O. The fourth-order valence-corrected chi connectivity index (χ4v) is 3.82. The number of benzene rings is 1. The van der Waals surface area contributed by atoms with Crippen LogP contribution in [0.1, 0.15) is 10.4 Å². The standard InChI is InChI=1S/C25H17N7O/c33-25(15-4-2-1-3-5-15)29-18-8-16(12-27-13-18)21-10-19-23(14-28-21)31-32-24(19)22-9-17-11-26-7-6-20(17)30-22/h1-14,30H,(H,29,33)(H,31,32). The van der Waals surface area contributed by atoms with Crippen LogP contribution in [0.4, 0.5) is 5.69 Å². The van der Waals surface area contributed by atoms with Gasteiger partial charge in [0.2, 0.25) is 0 Å². The van der Waals surface area contributed by atoms with Gasteiger partial charge >= 0.3 is 0 Å². The van der Waals surface area contributed by atoms with Crippen LogP contribution in [0, 0.1) is 0 Å². The molecule has 0 radical (unpaired) electrons. The van der Waals surface area contributed by atoms with E-state index in [4.69, 9.17) is 0 Å². The van der Waals surface area contributed by atoms with Crippen LogP contribution in [0.3, 0.4) is 0 Å². The van der Waals surface area contributed by atoms with Gasteiger partial charge in [0.25, 0.3) is 5.91 Å². The first-order valence-corrected chi connectivity index (χ1v) is 10.3. The molecule has 0 aliphatic rings. The lowest BCUT2D eigenvalue weighted by molar-refractivity contribution is 0.102. The maximum Gasteiger partial charge on any atom is 0.255 e. The zero-order valence-corrected chi connectivity index (χ0v) is 17.3. The summed E-state index contributed by atoms with van der Waals surface area (Å²) in [7, 11) is 0. The van der Waals surface area contributed by atoms with Gasteiger partial charge in [-0.1, -0.05) is 18.2 Å². The molecule has 0 aliphatic carbocycles. The molecule has 1 amide bonds. The van der Waals surface area contributed by atoms with E-state index in [9.17, 15) is 4.79 Å². The number of nitrogens with one attached hydrogen (secondary N) is 3. The SMILES string of the molecule is O=C(Nc1cncc(-c2cc3c(-c4cc5cnccc5[nH]4)n[nH]c3cn2)c1)c1ccccc1. The summed E-state index contributed by atoms with van der Waals surface area (Å²) in [5, 5.41) is 12.4. The predicted octanol–water partition coefficient (Wildman–Crippen LogP) is 4.82. The van der Waals surface area contributed by atoms with Crippen LogP contribution in [-0.2, 0) is 0 Å². The molecule has 0 aliphatic heterocycles. The zero-order valence-electron chi connectivity index (χ0n) is 17.3. The second-order valence-electron chi connectivity index (χ2n) is 7.62. The summed E-state index contributed by atoms with van der Waals surface area (Å²) in [6, 6.07) is 16.8. The molecule has 0 atom stereocenters. The summed E-state index contributed by atoms with van der Waals surface area (Å²) in [6.07, 6.45) is 8.66. The number of carbonyl (C=O) groups is 1. The number of aromatic amines is 2. The van der Waals surface area contributed by atoms with E-state index < -0.39 is 0 Å². The Bertz CT molecular complexity index is 1590. The van der Waals surface area contributed by atoms with Gasteiger partial charge in [0, 0.05) is 46.0 Å². The Labute approximate surface area is 187 Å². The molecule has 158 valence electrons. The molecular weight excluding hydrogens is 414 g/mol. The number of H-pyrrole nitrogens is 2. The third-order valence-corrected chi connectivity index (χ3v) is 5.45. The van der Waals surface area contributed by atoms with Crippen molar-refractivity contribution in [2.75, 3.05) is 5.32 Å². The van der Waals surface area contributed by atoms with E-state index in [1.165, 1.54) is 0 Å². The fourth-order valence-electron chi connectivity index (χ4n) is 3.82. The molecule has 3 N–H and O–H groups in total. The largest absolute Gasteiger partial charge is 0.353 e. The van der Waals surface area contributed by atoms with Crippen LogP contribution in [0.15, 0.2) is 85.6 Å². The summed E-state index contributed by atoms with van der Waals surface area (Å²) in [6.45, 7) is 0. The Kier molecular flexibility index (Phi) is 4.40. The smallest absolute Gasteiger partial charge is 0.255 e. The predicted molar refractivity (Wildman–Crippen MR) is 127 cm³/mol. The summed E-state index contributed by atoms with van der Waals surface area (Å²) in [4.78, 5) is 28.9. The number of rotatable bonds is 4. The van der Waals surface area contributed by atoms with Crippen LogP contribution in [0.5, 0.6) is 0 Å². The average Bonchev–Trinajstić information content (AvgIpc) is 3.48. The van der Waals surface area contributed by atoms with E-state index in [0.717, 1.165) is 44.5 Å². The molecule has 0 saturated carbocycles. The highest BCUT2D eigenvalue weighted by Gasteiger charge is 2.14. The number of hydrogen-bond acceptors (Lipinski definition) is 5. The topological polar surface area (TPSA) is 112 Å². The highest BCUT2D eigenvalue weighted by molar-refractivity contribution is 6.04. The summed E-state index contributed by atoms with van der Waals surface area (Å²) >= 11 is 0. The molecule has 5 heterocycles. The first-order valence-electron chi connectivity index (χ1n) is 10.3. The van der Waals surface area contributed by atoms with Crippen LogP contribution >= 0.6 is 0 Å². The Morgan fingerprint density at radius 1 is 0.879 bits per heavy atom.